The normalized spacial score (nSPS) is 20.9. The van der Waals surface area contributed by atoms with Crippen LogP contribution in [0.1, 0.15) is 60.9 Å². The lowest BCUT2D eigenvalue weighted by molar-refractivity contribution is -0.134. The van der Waals surface area contributed by atoms with Crippen LogP contribution in [0.15, 0.2) is 42.5 Å². The Morgan fingerprint density at radius 3 is 2.51 bits per heavy atom. The number of aryl methyl sites for hydroxylation is 1. The number of fused-ring (bicyclic) bond motifs is 1. The molecular formula is C29H37N3O3. The molecule has 0 spiro atoms. The molecule has 2 atom stereocenters. The average molecular weight is 476 g/mol. The van der Waals surface area contributed by atoms with Gasteiger partial charge < -0.3 is 19.9 Å². The van der Waals surface area contributed by atoms with E-state index in [1.807, 2.05) is 12.1 Å². The standard InChI is InChI=1S/C29H37N3O3/c1-20-5-7-23(8-6-20)27-26-19-25(12-11-22(26)13-17-32(27)29(34)24-9-10-24)35-21(2)28(33)30-14-18-31-15-3-4-16-31/h5-8,11-12,19,21,24,27H,3-4,9-10,13-18H2,1-2H3,(H,30,33)/t21-,27+/m0/s1. The Morgan fingerprint density at radius 1 is 1.06 bits per heavy atom. The van der Waals surface area contributed by atoms with Gasteiger partial charge in [0.15, 0.2) is 6.10 Å². The first-order chi connectivity index (χ1) is 17.0. The predicted molar refractivity (Wildman–Crippen MR) is 136 cm³/mol. The van der Waals surface area contributed by atoms with E-state index in [0.717, 1.165) is 56.6 Å². The van der Waals surface area contributed by atoms with Crippen molar-refractivity contribution in [2.45, 2.75) is 58.1 Å². The number of ether oxygens (including phenoxy) is 1. The van der Waals surface area contributed by atoms with Crippen LogP contribution in [0.3, 0.4) is 0 Å². The number of carbonyl (C=O) groups is 2. The lowest BCUT2D eigenvalue weighted by atomic mass is 9.87. The number of rotatable bonds is 8. The van der Waals surface area contributed by atoms with Crippen LogP contribution < -0.4 is 10.1 Å². The Kier molecular flexibility index (Phi) is 7.09. The molecular weight excluding hydrogens is 438 g/mol. The van der Waals surface area contributed by atoms with Gasteiger partial charge in [-0.15, -0.1) is 0 Å². The van der Waals surface area contributed by atoms with Gasteiger partial charge in [-0.1, -0.05) is 35.9 Å². The van der Waals surface area contributed by atoms with Crippen molar-refractivity contribution < 1.29 is 14.3 Å². The Labute approximate surface area is 208 Å². The van der Waals surface area contributed by atoms with E-state index in [1.54, 1.807) is 6.92 Å². The van der Waals surface area contributed by atoms with Gasteiger partial charge >= 0.3 is 0 Å². The van der Waals surface area contributed by atoms with Gasteiger partial charge in [-0.05, 0) is 87.9 Å². The molecule has 2 aliphatic heterocycles. The summed E-state index contributed by atoms with van der Waals surface area (Å²) in [7, 11) is 0. The number of amides is 2. The minimum absolute atomic E-state index is 0.0949. The zero-order valence-corrected chi connectivity index (χ0v) is 21.0. The summed E-state index contributed by atoms with van der Waals surface area (Å²) >= 11 is 0. The van der Waals surface area contributed by atoms with E-state index in [2.05, 4.69) is 52.4 Å². The van der Waals surface area contributed by atoms with Crippen LogP contribution in [0, 0.1) is 12.8 Å². The summed E-state index contributed by atoms with van der Waals surface area (Å²) in [6, 6.07) is 14.5. The van der Waals surface area contributed by atoms with E-state index < -0.39 is 6.10 Å². The SMILES string of the molecule is Cc1ccc([C@@H]2c3cc(O[C@@H](C)C(=O)NCCN4CCCC4)ccc3CCN2C(=O)C2CC2)cc1. The van der Waals surface area contributed by atoms with E-state index in [-0.39, 0.29) is 23.8 Å². The van der Waals surface area contributed by atoms with E-state index >= 15 is 0 Å². The second kappa shape index (κ2) is 10.4. The molecule has 0 unspecified atom stereocenters. The summed E-state index contributed by atoms with van der Waals surface area (Å²) in [5, 5.41) is 3.01. The largest absolute Gasteiger partial charge is 0.481 e. The molecule has 6 heteroatoms. The number of nitrogens with zero attached hydrogens (tertiary/aromatic N) is 2. The summed E-state index contributed by atoms with van der Waals surface area (Å²) in [6.45, 7) is 8.39. The molecule has 6 nitrogen and oxygen atoms in total. The van der Waals surface area contributed by atoms with Crippen molar-refractivity contribution in [2.24, 2.45) is 5.92 Å². The minimum Gasteiger partial charge on any atom is -0.481 e. The Morgan fingerprint density at radius 2 is 1.80 bits per heavy atom. The minimum atomic E-state index is -0.586. The summed E-state index contributed by atoms with van der Waals surface area (Å²) in [5.41, 5.74) is 4.67. The summed E-state index contributed by atoms with van der Waals surface area (Å²) in [6.07, 6.45) is 4.74. The van der Waals surface area contributed by atoms with Gasteiger partial charge in [0, 0.05) is 25.6 Å². The van der Waals surface area contributed by atoms with Gasteiger partial charge in [0.25, 0.3) is 5.91 Å². The molecule has 2 aromatic carbocycles. The molecule has 186 valence electrons. The monoisotopic (exact) mass is 475 g/mol. The second-order valence-electron chi connectivity index (χ2n) is 10.3. The van der Waals surface area contributed by atoms with Gasteiger partial charge in [-0.3, -0.25) is 9.59 Å². The molecule has 2 amide bonds. The van der Waals surface area contributed by atoms with E-state index in [0.29, 0.717) is 12.3 Å². The molecule has 2 aromatic rings. The molecule has 5 rings (SSSR count). The van der Waals surface area contributed by atoms with Crippen LogP contribution in [0.4, 0.5) is 0 Å². The van der Waals surface area contributed by atoms with Gasteiger partial charge in [0.05, 0.1) is 6.04 Å². The van der Waals surface area contributed by atoms with Gasteiger partial charge in [-0.25, -0.2) is 0 Å². The number of benzene rings is 2. The van der Waals surface area contributed by atoms with Gasteiger partial charge in [0.2, 0.25) is 5.91 Å². The lowest BCUT2D eigenvalue weighted by Crippen LogP contribution is -2.41. The van der Waals surface area contributed by atoms with Crippen LogP contribution in [0.25, 0.3) is 0 Å². The lowest BCUT2D eigenvalue weighted by Gasteiger charge is -2.38. The van der Waals surface area contributed by atoms with Gasteiger partial charge in [0.1, 0.15) is 5.75 Å². The Hall–Kier alpha value is -2.86. The first kappa shape index (κ1) is 23.9. The fourth-order valence-corrected chi connectivity index (χ4v) is 5.32. The van der Waals surface area contributed by atoms with Crippen LogP contribution in [-0.4, -0.2) is 60.4 Å². The molecule has 1 saturated carbocycles. The highest BCUT2D eigenvalue weighted by molar-refractivity contribution is 5.82. The first-order valence-corrected chi connectivity index (χ1v) is 13.2. The average Bonchev–Trinajstić information content (AvgIpc) is 3.59. The summed E-state index contributed by atoms with van der Waals surface area (Å²) < 4.78 is 6.09. The second-order valence-corrected chi connectivity index (χ2v) is 10.3. The number of carbonyl (C=O) groups excluding carboxylic acids is 2. The van der Waals surface area contributed by atoms with E-state index in [9.17, 15) is 9.59 Å². The van der Waals surface area contributed by atoms with Crippen LogP contribution in [-0.2, 0) is 16.0 Å². The maximum Gasteiger partial charge on any atom is 0.260 e. The van der Waals surface area contributed by atoms with Gasteiger partial charge in [-0.2, -0.15) is 0 Å². The van der Waals surface area contributed by atoms with Crippen molar-refractivity contribution in [3.8, 4) is 5.75 Å². The highest BCUT2D eigenvalue weighted by Gasteiger charge is 2.39. The zero-order valence-electron chi connectivity index (χ0n) is 21.0. The quantitative estimate of drug-likeness (QED) is 0.630. The number of hydrogen-bond acceptors (Lipinski definition) is 4. The maximum absolute atomic E-state index is 13.2. The predicted octanol–water partition coefficient (Wildman–Crippen LogP) is 3.86. The number of likely N-dealkylation sites (tertiary alicyclic amines) is 1. The molecule has 0 bridgehead atoms. The zero-order chi connectivity index (χ0) is 24.4. The third-order valence-corrected chi connectivity index (χ3v) is 7.56. The topological polar surface area (TPSA) is 61.9 Å². The summed E-state index contributed by atoms with van der Waals surface area (Å²) in [5.74, 6) is 1.01. The molecule has 1 saturated heterocycles. The van der Waals surface area contributed by atoms with Crippen LogP contribution in [0.5, 0.6) is 5.75 Å². The van der Waals surface area contributed by atoms with Crippen molar-refractivity contribution in [3.63, 3.8) is 0 Å². The van der Waals surface area contributed by atoms with Crippen LogP contribution >= 0.6 is 0 Å². The van der Waals surface area contributed by atoms with E-state index in [1.165, 1.54) is 24.0 Å². The third kappa shape index (κ3) is 5.53. The number of nitrogens with one attached hydrogen (secondary N) is 1. The highest BCUT2D eigenvalue weighted by atomic mass is 16.5. The molecule has 1 aliphatic carbocycles. The number of hydrogen-bond donors (Lipinski definition) is 1. The smallest absolute Gasteiger partial charge is 0.260 e. The third-order valence-electron chi connectivity index (χ3n) is 7.56. The van der Waals surface area contributed by atoms with Crippen molar-refractivity contribution in [2.75, 3.05) is 32.7 Å². The molecule has 35 heavy (non-hydrogen) atoms. The molecule has 1 N–H and O–H groups in total. The fraction of sp³-hybridized carbons (Fsp3) is 0.517. The Bertz CT molecular complexity index is 1060. The van der Waals surface area contributed by atoms with Crippen molar-refractivity contribution >= 4 is 11.8 Å². The molecule has 2 fully saturated rings. The first-order valence-electron chi connectivity index (χ1n) is 13.2. The highest BCUT2D eigenvalue weighted by Crippen LogP contribution is 2.41. The maximum atomic E-state index is 13.2. The van der Waals surface area contributed by atoms with Crippen molar-refractivity contribution in [3.05, 3.63) is 64.7 Å². The fourth-order valence-electron chi connectivity index (χ4n) is 5.32. The molecule has 0 radical (unpaired) electrons. The molecule has 0 aromatic heterocycles. The Balaban J connectivity index is 1.32. The molecule has 3 aliphatic rings. The molecule has 2 heterocycles. The van der Waals surface area contributed by atoms with Crippen molar-refractivity contribution in [1.29, 1.82) is 0 Å². The van der Waals surface area contributed by atoms with Crippen LogP contribution in [0.2, 0.25) is 0 Å². The summed E-state index contributed by atoms with van der Waals surface area (Å²) in [4.78, 5) is 30.3. The van der Waals surface area contributed by atoms with Crippen molar-refractivity contribution in [1.82, 2.24) is 15.1 Å². The van der Waals surface area contributed by atoms with E-state index in [4.69, 9.17) is 4.74 Å².